The lowest BCUT2D eigenvalue weighted by atomic mass is 10.1. The largest absolute Gasteiger partial charge is 0.394 e. The summed E-state index contributed by atoms with van der Waals surface area (Å²) in [6.45, 7) is 0.444. The predicted molar refractivity (Wildman–Crippen MR) is 87.3 cm³/mol. The Morgan fingerprint density at radius 3 is 2.19 bits per heavy atom. The highest BCUT2D eigenvalue weighted by Gasteiger charge is 2.18. The molecule has 2 atom stereocenters. The second kappa shape index (κ2) is 8.85. The molecule has 0 fully saturated rings. The smallest absolute Gasteiger partial charge is 0.0931 e. The van der Waals surface area contributed by atoms with Gasteiger partial charge in [0.25, 0.3) is 0 Å². The van der Waals surface area contributed by atoms with Crippen molar-refractivity contribution in [3.05, 3.63) is 66.2 Å². The minimum Gasteiger partial charge on any atom is -0.394 e. The molecule has 3 nitrogen and oxygen atoms in total. The van der Waals surface area contributed by atoms with E-state index in [2.05, 4.69) is 5.32 Å². The molecule has 0 spiro atoms. The van der Waals surface area contributed by atoms with E-state index in [4.69, 9.17) is 0 Å². The van der Waals surface area contributed by atoms with Gasteiger partial charge in [-0.2, -0.15) is 0 Å². The van der Waals surface area contributed by atoms with E-state index in [1.807, 2.05) is 60.7 Å². The number of thioether (sulfide) groups is 1. The summed E-state index contributed by atoms with van der Waals surface area (Å²) in [7, 11) is 0. The Hall–Kier alpha value is -1.33. The molecular weight excluding hydrogens is 282 g/mol. The molecule has 0 saturated carbocycles. The highest BCUT2D eigenvalue weighted by Crippen LogP contribution is 2.19. The Morgan fingerprint density at radius 2 is 1.57 bits per heavy atom. The average molecular weight is 303 g/mol. The van der Waals surface area contributed by atoms with Gasteiger partial charge in [-0.25, -0.2) is 0 Å². The van der Waals surface area contributed by atoms with E-state index < -0.39 is 6.10 Å². The zero-order valence-electron chi connectivity index (χ0n) is 11.9. The number of rotatable bonds is 8. The number of hydrogen-bond acceptors (Lipinski definition) is 4. The van der Waals surface area contributed by atoms with Crippen molar-refractivity contribution in [3.8, 4) is 0 Å². The molecule has 2 aromatic carbocycles. The maximum Gasteiger partial charge on any atom is 0.0931 e. The number of aliphatic hydroxyl groups is 2. The van der Waals surface area contributed by atoms with Crippen molar-refractivity contribution in [3.63, 3.8) is 0 Å². The molecule has 21 heavy (non-hydrogen) atoms. The van der Waals surface area contributed by atoms with E-state index >= 15 is 0 Å². The normalized spacial score (nSPS) is 13.8. The van der Waals surface area contributed by atoms with Crippen molar-refractivity contribution in [2.75, 3.05) is 12.4 Å². The standard InChI is InChI=1S/C17H21NO2S/c19-12-17(20)16(13-21-15-9-5-2-6-10-15)18-11-14-7-3-1-4-8-14/h1-10,16-20H,11-13H2/t16-,17+/m0/s1. The number of aliphatic hydroxyl groups excluding tert-OH is 2. The predicted octanol–water partition coefficient (Wildman–Crippen LogP) is 2.29. The van der Waals surface area contributed by atoms with Crippen LogP contribution < -0.4 is 5.32 Å². The second-order valence-electron chi connectivity index (χ2n) is 4.85. The fourth-order valence-corrected chi connectivity index (χ4v) is 3.04. The Bertz CT molecular complexity index is 463. The first-order valence-corrected chi connectivity index (χ1v) is 8.02. The second-order valence-corrected chi connectivity index (χ2v) is 5.94. The molecule has 4 heteroatoms. The Kier molecular flexibility index (Phi) is 6.76. The van der Waals surface area contributed by atoms with E-state index in [9.17, 15) is 10.2 Å². The minimum atomic E-state index is -0.759. The van der Waals surface area contributed by atoms with Crippen molar-refractivity contribution in [1.82, 2.24) is 5.32 Å². The van der Waals surface area contributed by atoms with Crippen LogP contribution in [0.15, 0.2) is 65.6 Å². The van der Waals surface area contributed by atoms with E-state index in [1.54, 1.807) is 11.8 Å². The first-order valence-electron chi connectivity index (χ1n) is 7.03. The van der Waals surface area contributed by atoms with Gasteiger partial charge in [-0.3, -0.25) is 0 Å². The lowest BCUT2D eigenvalue weighted by Gasteiger charge is -2.22. The highest BCUT2D eigenvalue weighted by atomic mass is 32.2. The van der Waals surface area contributed by atoms with Crippen molar-refractivity contribution in [1.29, 1.82) is 0 Å². The molecule has 0 unspecified atom stereocenters. The Labute approximate surface area is 130 Å². The quantitative estimate of drug-likeness (QED) is 0.655. The Morgan fingerprint density at radius 1 is 0.952 bits per heavy atom. The van der Waals surface area contributed by atoms with Crippen LogP contribution in [-0.2, 0) is 6.54 Å². The summed E-state index contributed by atoms with van der Waals surface area (Å²) in [6, 6.07) is 20.0. The van der Waals surface area contributed by atoms with Gasteiger partial charge in [-0.1, -0.05) is 48.5 Å². The third-order valence-corrected chi connectivity index (χ3v) is 4.37. The lowest BCUT2D eigenvalue weighted by Crippen LogP contribution is -2.43. The molecule has 0 bridgehead atoms. The third-order valence-electron chi connectivity index (χ3n) is 3.24. The van der Waals surface area contributed by atoms with Crippen LogP contribution in [0.5, 0.6) is 0 Å². The summed E-state index contributed by atoms with van der Waals surface area (Å²) < 4.78 is 0. The first kappa shape index (κ1) is 16.0. The van der Waals surface area contributed by atoms with E-state index in [0.29, 0.717) is 12.3 Å². The van der Waals surface area contributed by atoms with Gasteiger partial charge in [0.2, 0.25) is 0 Å². The molecule has 0 radical (unpaired) electrons. The van der Waals surface area contributed by atoms with Crippen LogP contribution in [0.3, 0.4) is 0 Å². The fraction of sp³-hybridized carbons (Fsp3) is 0.294. The maximum atomic E-state index is 9.95. The molecule has 0 saturated heterocycles. The van der Waals surface area contributed by atoms with Gasteiger partial charge in [0.05, 0.1) is 12.7 Å². The fourth-order valence-electron chi connectivity index (χ4n) is 1.98. The summed E-state index contributed by atoms with van der Waals surface area (Å²) in [5.41, 5.74) is 1.16. The Balaban J connectivity index is 1.88. The molecule has 0 heterocycles. The van der Waals surface area contributed by atoms with Gasteiger partial charge < -0.3 is 15.5 Å². The summed E-state index contributed by atoms with van der Waals surface area (Å²) >= 11 is 1.67. The van der Waals surface area contributed by atoms with Crippen LogP contribution in [0.2, 0.25) is 0 Å². The zero-order valence-corrected chi connectivity index (χ0v) is 12.7. The number of benzene rings is 2. The van der Waals surface area contributed by atoms with Crippen LogP contribution >= 0.6 is 11.8 Å². The summed E-state index contributed by atoms with van der Waals surface area (Å²) in [5, 5.41) is 22.5. The van der Waals surface area contributed by atoms with E-state index in [1.165, 1.54) is 0 Å². The maximum absolute atomic E-state index is 9.95. The van der Waals surface area contributed by atoms with Gasteiger partial charge in [0, 0.05) is 23.2 Å². The lowest BCUT2D eigenvalue weighted by molar-refractivity contribution is 0.0689. The van der Waals surface area contributed by atoms with Crippen molar-refractivity contribution in [2.45, 2.75) is 23.6 Å². The van der Waals surface area contributed by atoms with Crippen molar-refractivity contribution in [2.24, 2.45) is 0 Å². The van der Waals surface area contributed by atoms with Crippen LogP contribution in [0, 0.1) is 0 Å². The van der Waals surface area contributed by atoms with Gasteiger partial charge in [-0.15, -0.1) is 11.8 Å². The highest BCUT2D eigenvalue weighted by molar-refractivity contribution is 7.99. The van der Waals surface area contributed by atoms with Crippen LogP contribution in [0.25, 0.3) is 0 Å². The molecule has 3 N–H and O–H groups in total. The van der Waals surface area contributed by atoms with Crippen molar-refractivity contribution >= 4 is 11.8 Å². The van der Waals surface area contributed by atoms with Gasteiger partial charge in [0.1, 0.15) is 0 Å². The van der Waals surface area contributed by atoms with Crippen LogP contribution in [0.1, 0.15) is 5.56 Å². The summed E-state index contributed by atoms with van der Waals surface area (Å²) in [4.78, 5) is 1.16. The zero-order chi connectivity index (χ0) is 14.9. The van der Waals surface area contributed by atoms with E-state index in [-0.39, 0.29) is 12.6 Å². The minimum absolute atomic E-state index is 0.152. The summed E-state index contributed by atoms with van der Waals surface area (Å²) in [6.07, 6.45) is -0.759. The molecule has 0 amide bonds. The van der Waals surface area contributed by atoms with Gasteiger partial charge >= 0.3 is 0 Å². The number of hydrogen-bond donors (Lipinski definition) is 3. The molecular formula is C17H21NO2S. The van der Waals surface area contributed by atoms with Crippen molar-refractivity contribution < 1.29 is 10.2 Å². The molecule has 2 aromatic rings. The monoisotopic (exact) mass is 303 g/mol. The molecule has 0 aliphatic rings. The van der Waals surface area contributed by atoms with Crippen LogP contribution in [0.4, 0.5) is 0 Å². The summed E-state index contributed by atoms with van der Waals surface area (Å²) in [5.74, 6) is 0.707. The van der Waals surface area contributed by atoms with E-state index in [0.717, 1.165) is 10.5 Å². The molecule has 2 rings (SSSR count). The van der Waals surface area contributed by atoms with Crippen LogP contribution in [-0.4, -0.2) is 34.7 Å². The molecule has 0 aliphatic heterocycles. The molecule has 0 aliphatic carbocycles. The first-order chi connectivity index (χ1) is 10.3. The third kappa shape index (κ3) is 5.52. The SMILES string of the molecule is OC[C@@H](O)[C@H](CSc1ccccc1)NCc1ccccc1. The molecule has 0 aromatic heterocycles. The molecule has 112 valence electrons. The van der Waals surface area contributed by atoms with Gasteiger partial charge in [0.15, 0.2) is 0 Å². The number of nitrogens with one attached hydrogen (secondary N) is 1. The topological polar surface area (TPSA) is 52.5 Å². The average Bonchev–Trinajstić information content (AvgIpc) is 2.56. The van der Waals surface area contributed by atoms with Gasteiger partial charge in [-0.05, 0) is 17.7 Å².